The minimum atomic E-state index is -0.842. The molecule has 0 aliphatic heterocycles. The van der Waals surface area contributed by atoms with Crippen LogP contribution in [-0.4, -0.2) is 21.9 Å². The first-order valence-corrected chi connectivity index (χ1v) is 6.77. The van der Waals surface area contributed by atoms with E-state index in [1.54, 1.807) is 5.51 Å². The highest BCUT2D eigenvalue weighted by Crippen LogP contribution is 2.38. The Bertz CT molecular complexity index is 438. The first-order chi connectivity index (χ1) is 8.69. The SMILES string of the molecule is N/C(=N/O)C1(C(=O)NCc2cscn2)CCCC1. The quantitative estimate of drug-likeness (QED) is 0.329. The summed E-state index contributed by atoms with van der Waals surface area (Å²) in [6, 6.07) is 0. The van der Waals surface area contributed by atoms with Gasteiger partial charge in [-0.2, -0.15) is 0 Å². The molecule has 1 aliphatic carbocycles. The number of thiazole rings is 1. The number of amides is 1. The average Bonchev–Trinajstić information content (AvgIpc) is 3.06. The average molecular weight is 268 g/mol. The molecule has 1 saturated carbocycles. The lowest BCUT2D eigenvalue weighted by Gasteiger charge is -2.25. The van der Waals surface area contributed by atoms with Crippen molar-refractivity contribution in [3.8, 4) is 0 Å². The highest BCUT2D eigenvalue weighted by atomic mass is 32.1. The summed E-state index contributed by atoms with van der Waals surface area (Å²) in [5, 5.41) is 16.6. The summed E-state index contributed by atoms with van der Waals surface area (Å²) in [6.45, 7) is 0.378. The molecule has 0 atom stereocenters. The summed E-state index contributed by atoms with van der Waals surface area (Å²) in [5.41, 5.74) is 7.39. The zero-order valence-corrected chi connectivity index (χ0v) is 10.7. The summed E-state index contributed by atoms with van der Waals surface area (Å²) < 4.78 is 0. The molecule has 0 aromatic carbocycles. The number of oxime groups is 1. The lowest BCUT2D eigenvalue weighted by molar-refractivity contribution is -0.127. The Morgan fingerprint density at radius 2 is 2.33 bits per heavy atom. The Labute approximate surface area is 109 Å². The van der Waals surface area contributed by atoms with E-state index in [9.17, 15) is 4.79 Å². The van der Waals surface area contributed by atoms with Crippen LogP contribution in [0.25, 0.3) is 0 Å². The number of hydrogen-bond donors (Lipinski definition) is 3. The van der Waals surface area contributed by atoms with E-state index in [1.165, 1.54) is 11.3 Å². The monoisotopic (exact) mass is 268 g/mol. The van der Waals surface area contributed by atoms with Crippen molar-refractivity contribution in [2.75, 3.05) is 0 Å². The number of nitrogens with two attached hydrogens (primary N) is 1. The van der Waals surface area contributed by atoms with Crippen LogP contribution in [0.15, 0.2) is 16.0 Å². The van der Waals surface area contributed by atoms with Crippen LogP contribution < -0.4 is 11.1 Å². The zero-order valence-electron chi connectivity index (χ0n) is 9.93. The number of hydrogen-bond acceptors (Lipinski definition) is 5. The van der Waals surface area contributed by atoms with E-state index in [4.69, 9.17) is 10.9 Å². The minimum Gasteiger partial charge on any atom is -0.409 e. The van der Waals surface area contributed by atoms with Crippen molar-refractivity contribution in [1.82, 2.24) is 10.3 Å². The Morgan fingerprint density at radius 3 is 2.89 bits per heavy atom. The van der Waals surface area contributed by atoms with Gasteiger partial charge in [-0.3, -0.25) is 4.79 Å². The van der Waals surface area contributed by atoms with Gasteiger partial charge >= 0.3 is 0 Å². The van der Waals surface area contributed by atoms with Gasteiger partial charge < -0.3 is 16.3 Å². The number of rotatable bonds is 4. The molecule has 1 heterocycles. The Balaban J connectivity index is 2.05. The summed E-state index contributed by atoms with van der Waals surface area (Å²) >= 11 is 1.48. The zero-order chi connectivity index (χ0) is 13.0. The van der Waals surface area contributed by atoms with Crippen LogP contribution in [0.4, 0.5) is 0 Å². The molecule has 0 radical (unpaired) electrons. The predicted octanol–water partition coefficient (Wildman–Crippen LogP) is 1.07. The fraction of sp³-hybridized carbons (Fsp3) is 0.545. The highest BCUT2D eigenvalue weighted by Gasteiger charge is 2.45. The van der Waals surface area contributed by atoms with Crippen molar-refractivity contribution in [3.63, 3.8) is 0 Å². The van der Waals surface area contributed by atoms with E-state index >= 15 is 0 Å². The molecule has 1 amide bonds. The van der Waals surface area contributed by atoms with Gasteiger partial charge in [-0.1, -0.05) is 18.0 Å². The lowest BCUT2D eigenvalue weighted by atomic mass is 9.84. The van der Waals surface area contributed by atoms with Crippen LogP contribution >= 0.6 is 11.3 Å². The van der Waals surface area contributed by atoms with E-state index in [0.717, 1.165) is 18.5 Å². The molecule has 4 N–H and O–H groups in total. The van der Waals surface area contributed by atoms with Crippen molar-refractivity contribution in [1.29, 1.82) is 0 Å². The molecule has 2 rings (SSSR count). The Kier molecular flexibility index (Phi) is 3.81. The number of amidine groups is 1. The molecular weight excluding hydrogens is 252 g/mol. The van der Waals surface area contributed by atoms with Crippen LogP contribution in [0.2, 0.25) is 0 Å². The van der Waals surface area contributed by atoms with Gasteiger partial charge in [0.25, 0.3) is 0 Å². The van der Waals surface area contributed by atoms with Gasteiger partial charge in [-0.25, -0.2) is 4.98 Å². The number of aromatic nitrogens is 1. The van der Waals surface area contributed by atoms with Gasteiger partial charge in [0.2, 0.25) is 5.91 Å². The summed E-state index contributed by atoms with van der Waals surface area (Å²) in [4.78, 5) is 16.4. The van der Waals surface area contributed by atoms with Crippen LogP contribution in [0, 0.1) is 5.41 Å². The highest BCUT2D eigenvalue weighted by molar-refractivity contribution is 7.07. The third-order valence-electron chi connectivity index (χ3n) is 3.40. The second kappa shape index (κ2) is 5.34. The summed E-state index contributed by atoms with van der Waals surface area (Å²) in [6.07, 6.45) is 3.10. The molecule has 1 fully saturated rings. The van der Waals surface area contributed by atoms with Gasteiger partial charge in [0.05, 0.1) is 17.7 Å². The molecular formula is C11H16N4O2S. The predicted molar refractivity (Wildman–Crippen MR) is 68.3 cm³/mol. The van der Waals surface area contributed by atoms with Gasteiger partial charge in [-0.15, -0.1) is 11.3 Å². The third kappa shape index (κ3) is 2.31. The van der Waals surface area contributed by atoms with Crippen LogP contribution in [0.5, 0.6) is 0 Å². The van der Waals surface area contributed by atoms with E-state index in [0.29, 0.717) is 19.4 Å². The van der Waals surface area contributed by atoms with E-state index < -0.39 is 5.41 Å². The maximum atomic E-state index is 12.3. The second-order valence-electron chi connectivity index (χ2n) is 4.44. The first-order valence-electron chi connectivity index (χ1n) is 5.82. The Morgan fingerprint density at radius 1 is 1.61 bits per heavy atom. The van der Waals surface area contributed by atoms with Crippen molar-refractivity contribution in [2.24, 2.45) is 16.3 Å². The smallest absolute Gasteiger partial charge is 0.234 e. The van der Waals surface area contributed by atoms with Gasteiger partial charge in [0.1, 0.15) is 5.41 Å². The van der Waals surface area contributed by atoms with Crippen LogP contribution in [0.3, 0.4) is 0 Å². The number of carbonyl (C=O) groups excluding carboxylic acids is 1. The van der Waals surface area contributed by atoms with Crippen molar-refractivity contribution >= 4 is 23.1 Å². The van der Waals surface area contributed by atoms with E-state index in [-0.39, 0.29) is 11.7 Å². The van der Waals surface area contributed by atoms with Crippen LogP contribution in [0.1, 0.15) is 31.4 Å². The van der Waals surface area contributed by atoms with E-state index in [1.807, 2.05) is 5.38 Å². The van der Waals surface area contributed by atoms with Gasteiger partial charge in [0.15, 0.2) is 5.84 Å². The second-order valence-corrected chi connectivity index (χ2v) is 5.16. The van der Waals surface area contributed by atoms with Crippen molar-refractivity contribution in [3.05, 3.63) is 16.6 Å². The molecule has 1 aromatic heterocycles. The topological polar surface area (TPSA) is 101 Å². The maximum Gasteiger partial charge on any atom is 0.234 e. The first kappa shape index (κ1) is 12.8. The van der Waals surface area contributed by atoms with Gasteiger partial charge in [-0.05, 0) is 12.8 Å². The molecule has 6 nitrogen and oxygen atoms in total. The lowest BCUT2D eigenvalue weighted by Crippen LogP contribution is -2.48. The molecule has 1 aromatic rings. The standard InChI is InChI=1S/C11H16N4O2S/c12-9(15-17)11(3-1-2-4-11)10(16)13-5-8-6-18-7-14-8/h6-7,17H,1-5H2,(H2,12,15)(H,13,16). The molecule has 98 valence electrons. The summed E-state index contributed by atoms with van der Waals surface area (Å²) in [7, 11) is 0. The fourth-order valence-corrected chi connectivity index (χ4v) is 2.90. The number of nitrogens with zero attached hydrogens (tertiary/aromatic N) is 2. The number of nitrogens with one attached hydrogen (secondary N) is 1. The Hall–Kier alpha value is -1.63. The fourth-order valence-electron chi connectivity index (χ4n) is 2.34. The number of carbonyl (C=O) groups is 1. The van der Waals surface area contributed by atoms with Crippen LogP contribution in [-0.2, 0) is 11.3 Å². The molecule has 0 spiro atoms. The third-order valence-corrected chi connectivity index (χ3v) is 4.04. The molecule has 0 bridgehead atoms. The molecule has 1 aliphatic rings. The molecule has 18 heavy (non-hydrogen) atoms. The van der Waals surface area contributed by atoms with E-state index in [2.05, 4.69) is 15.5 Å². The maximum absolute atomic E-state index is 12.3. The largest absolute Gasteiger partial charge is 0.409 e. The normalized spacial score (nSPS) is 18.8. The van der Waals surface area contributed by atoms with Crippen molar-refractivity contribution < 1.29 is 10.0 Å². The molecule has 0 unspecified atom stereocenters. The molecule has 0 saturated heterocycles. The van der Waals surface area contributed by atoms with Crippen molar-refractivity contribution in [2.45, 2.75) is 32.2 Å². The van der Waals surface area contributed by atoms with Gasteiger partial charge in [0, 0.05) is 5.38 Å². The minimum absolute atomic E-state index is 0.00998. The summed E-state index contributed by atoms with van der Waals surface area (Å²) in [5.74, 6) is -0.168. The molecule has 7 heteroatoms.